The summed E-state index contributed by atoms with van der Waals surface area (Å²) in [4.78, 5) is 29.3. The Bertz CT molecular complexity index is 1080. The molecule has 4 rings (SSSR count). The minimum Gasteiger partial charge on any atom is -0.872 e. The summed E-state index contributed by atoms with van der Waals surface area (Å²) in [7, 11) is 0. The number of halogens is 1. The van der Waals surface area contributed by atoms with Crippen LogP contribution in [0.1, 0.15) is 36.9 Å². The van der Waals surface area contributed by atoms with Gasteiger partial charge in [0.1, 0.15) is 18.8 Å². The molecule has 0 bridgehead atoms. The smallest absolute Gasteiger partial charge is 0.295 e. The van der Waals surface area contributed by atoms with E-state index >= 15 is 0 Å². The molecule has 0 spiro atoms. The van der Waals surface area contributed by atoms with E-state index in [0.29, 0.717) is 35.1 Å². The number of rotatable bonds is 9. The number of morpholine rings is 1. The molecule has 2 saturated heterocycles. The molecule has 2 aromatic carbocycles. The number of hydrogen-bond donors (Lipinski definition) is 1. The third kappa shape index (κ3) is 5.86. The van der Waals surface area contributed by atoms with Gasteiger partial charge in [0.05, 0.1) is 32.4 Å². The summed E-state index contributed by atoms with van der Waals surface area (Å²) < 4.78 is 11.2. The maximum Gasteiger partial charge on any atom is 0.295 e. The molecule has 1 atom stereocenters. The summed E-state index contributed by atoms with van der Waals surface area (Å²) in [5, 5.41) is 14.0. The van der Waals surface area contributed by atoms with E-state index in [0.717, 1.165) is 45.7 Å². The minimum absolute atomic E-state index is 0.0244. The molecule has 1 unspecified atom stereocenters. The molecule has 2 fully saturated rings. The summed E-state index contributed by atoms with van der Waals surface area (Å²) in [6, 6.07) is 12.9. The number of quaternary nitrogens is 1. The average Bonchev–Trinajstić information content (AvgIpc) is 3.13. The maximum atomic E-state index is 13.5. The van der Waals surface area contributed by atoms with Gasteiger partial charge in [-0.1, -0.05) is 48.5 Å². The molecule has 2 aromatic rings. The van der Waals surface area contributed by atoms with Crippen LogP contribution in [-0.4, -0.2) is 62.6 Å². The van der Waals surface area contributed by atoms with Crippen molar-refractivity contribution in [2.45, 2.75) is 25.8 Å². The second-order valence-electron chi connectivity index (χ2n) is 8.87. The minimum atomic E-state index is -0.761. The van der Waals surface area contributed by atoms with Crippen molar-refractivity contribution in [2.24, 2.45) is 0 Å². The van der Waals surface area contributed by atoms with Crippen molar-refractivity contribution >= 4 is 29.1 Å². The van der Waals surface area contributed by atoms with E-state index in [1.54, 1.807) is 29.2 Å². The molecule has 0 aliphatic carbocycles. The Kier molecular flexibility index (Phi) is 8.44. The first-order valence-corrected chi connectivity index (χ1v) is 12.5. The van der Waals surface area contributed by atoms with E-state index in [1.165, 1.54) is 4.90 Å². The normalized spacial score (nSPS) is 20.4. The van der Waals surface area contributed by atoms with Crippen LogP contribution in [0.25, 0.3) is 5.76 Å². The molecule has 2 heterocycles. The van der Waals surface area contributed by atoms with Crippen molar-refractivity contribution in [1.82, 2.24) is 4.90 Å². The number of benzene rings is 2. The fourth-order valence-electron chi connectivity index (χ4n) is 4.61. The zero-order chi connectivity index (χ0) is 24.8. The van der Waals surface area contributed by atoms with E-state index in [9.17, 15) is 14.7 Å². The number of likely N-dealkylation sites (tertiary alicyclic amines) is 1. The Morgan fingerprint density at radius 2 is 1.91 bits per heavy atom. The number of hydrogen-bond acceptors (Lipinski definition) is 5. The first-order valence-electron chi connectivity index (χ1n) is 12.2. The number of carbonyl (C=O) groups excluding carboxylic acids is 2. The van der Waals surface area contributed by atoms with Crippen LogP contribution in [0.2, 0.25) is 5.02 Å². The highest BCUT2D eigenvalue weighted by molar-refractivity contribution is 6.46. The van der Waals surface area contributed by atoms with Crippen molar-refractivity contribution < 1.29 is 29.1 Å². The molecule has 186 valence electrons. The van der Waals surface area contributed by atoms with Gasteiger partial charge in [0.2, 0.25) is 5.78 Å². The van der Waals surface area contributed by atoms with Crippen LogP contribution in [-0.2, 0) is 14.3 Å². The fraction of sp³-hybridized carbons (Fsp3) is 0.407. The number of ketones is 1. The van der Waals surface area contributed by atoms with Crippen LogP contribution in [0.4, 0.5) is 0 Å². The Morgan fingerprint density at radius 1 is 1.17 bits per heavy atom. The first kappa shape index (κ1) is 25.2. The van der Waals surface area contributed by atoms with Gasteiger partial charge in [-0.15, -0.1) is 0 Å². The zero-order valence-corrected chi connectivity index (χ0v) is 20.7. The van der Waals surface area contributed by atoms with Crippen LogP contribution in [0.5, 0.6) is 5.75 Å². The molecule has 1 amide bonds. The SMILES string of the molecule is CCCOc1cccc(C2C(=C([O-])c3ccc(Cl)cc3)C(=O)C(=O)N2CCC[NH+]2CCOCC2)c1. The van der Waals surface area contributed by atoms with Gasteiger partial charge >= 0.3 is 0 Å². The molecular weight excluding hydrogens is 468 g/mol. The third-order valence-electron chi connectivity index (χ3n) is 6.41. The lowest BCUT2D eigenvalue weighted by Gasteiger charge is -2.29. The highest BCUT2D eigenvalue weighted by atomic mass is 35.5. The second-order valence-corrected chi connectivity index (χ2v) is 9.30. The van der Waals surface area contributed by atoms with Gasteiger partial charge in [-0.3, -0.25) is 9.59 Å². The van der Waals surface area contributed by atoms with Crippen LogP contribution in [0, 0.1) is 0 Å². The van der Waals surface area contributed by atoms with E-state index in [4.69, 9.17) is 21.1 Å². The monoisotopic (exact) mass is 498 g/mol. The average molecular weight is 499 g/mol. The lowest BCUT2D eigenvalue weighted by Crippen LogP contribution is -3.14. The van der Waals surface area contributed by atoms with Gasteiger partial charge in [-0.05, 0) is 41.8 Å². The topological polar surface area (TPSA) is 83.3 Å². The van der Waals surface area contributed by atoms with Crippen molar-refractivity contribution in [3.05, 3.63) is 70.3 Å². The number of nitrogens with one attached hydrogen (secondary N) is 1. The van der Waals surface area contributed by atoms with Crippen LogP contribution in [0.15, 0.2) is 54.1 Å². The molecule has 35 heavy (non-hydrogen) atoms. The molecule has 0 saturated carbocycles. The lowest BCUT2D eigenvalue weighted by molar-refractivity contribution is -0.908. The Hall–Kier alpha value is -2.87. The van der Waals surface area contributed by atoms with E-state index in [-0.39, 0.29) is 5.57 Å². The van der Waals surface area contributed by atoms with Gasteiger partial charge in [0, 0.05) is 23.6 Å². The first-order chi connectivity index (χ1) is 17.0. The third-order valence-corrected chi connectivity index (χ3v) is 6.66. The molecule has 2 aliphatic heterocycles. The van der Waals surface area contributed by atoms with Gasteiger partial charge in [0.15, 0.2) is 0 Å². The number of Topliss-reactive ketones (excluding diaryl/α,β-unsaturated/α-hetero) is 1. The number of amides is 1. The molecule has 1 N–H and O–H groups in total. The predicted molar refractivity (Wildman–Crippen MR) is 131 cm³/mol. The highest BCUT2D eigenvalue weighted by Gasteiger charge is 2.44. The zero-order valence-electron chi connectivity index (χ0n) is 19.9. The maximum absolute atomic E-state index is 13.5. The van der Waals surface area contributed by atoms with Crippen molar-refractivity contribution in [3.8, 4) is 5.75 Å². The predicted octanol–water partition coefficient (Wildman–Crippen LogP) is 1.66. The van der Waals surface area contributed by atoms with Gasteiger partial charge in [-0.2, -0.15) is 0 Å². The van der Waals surface area contributed by atoms with Gasteiger partial charge in [0.25, 0.3) is 5.91 Å². The highest BCUT2D eigenvalue weighted by Crippen LogP contribution is 2.39. The lowest BCUT2D eigenvalue weighted by atomic mass is 9.95. The molecule has 0 radical (unpaired) electrons. The standard InChI is InChI=1S/C27H31ClN2O5/c1-2-15-35-22-6-3-5-20(18-22)24-23(25(31)19-7-9-21(28)10-8-19)26(32)27(33)30(24)12-4-11-29-13-16-34-17-14-29/h3,5-10,18,24,31H,2,4,11-17H2,1H3. The second kappa shape index (κ2) is 11.7. The molecule has 0 aromatic heterocycles. The van der Waals surface area contributed by atoms with Crippen molar-refractivity contribution in [1.29, 1.82) is 0 Å². The Morgan fingerprint density at radius 3 is 2.63 bits per heavy atom. The van der Waals surface area contributed by atoms with E-state index < -0.39 is 23.5 Å². The van der Waals surface area contributed by atoms with Crippen molar-refractivity contribution in [3.63, 3.8) is 0 Å². The summed E-state index contributed by atoms with van der Waals surface area (Å²) in [6.45, 7) is 7.16. The fourth-order valence-corrected chi connectivity index (χ4v) is 4.73. The Balaban J connectivity index is 1.67. The number of ether oxygens (including phenoxy) is 2. The van der Waals surface area contributed by atoms with Gasteiger partial charge in [-0.25, -0.2) is 0 Å². The van der Waals surface area contributed by atoms with Crippen molar-refractivity contribution in [2.75, 3.05) is 46.0 Å². The molecular formula is C27H31ClN2O5. The summed E-state index contributed by atoms with van der Waals surface area (Å²) in [5.74, 6) is -1.18. The van der Waals surface area contributed by atoms with Crippen LogP contribution >= 0.6 is 11.6 Å². The molecule has 8 heteroatoms. The molecule has 2 aliphatic rings. The number of carbonyl (C=O) groups is 2. The quantitative estimate of drug-likeness (QED) is 0.323. The van der Waals surface area contributed by atoms with E-state index in [2.05, 4.69) is 0 Å². The summed E-state index contributed by atoms with van der Waals surface area (Å²) in [6.07, 6.45) is 1.58. The molecule has 7 nitrogen and oxygen atoms in total. The Labute approximate surface area is 210 Å². The van der Waals surface area contributed by atoms with Gasteiger partial charge < -0.3 is 24.4 Å². The summed E-state index contributed by atoms with van der Waals surface area (Å²) in [5.41, 5.74) is 0.992. The summed E-state index contributed by atoms with van der Waals surface area (Å²) >= 11 is 5.98. The largest absolute Gasteiger partial charge is 0.872 e. The van der Waals surface area contributed by atoms with E-state index in [1.807, 2.05) is 31.2 Å². The van der Waals surface area contributed by atoms with Crippen LogP contribution in [0.3, 0.4) is 0 Å². The van der Waals surface area contributed by atoms with Crippen LogP contribution < -0.4 is 14.7 Å². The number of nitrogens with zero attached hydrogens (tertiary/aromatic N) is 1.